The molecule has 3 amide bonds. The number of hydrogen-bond acceptors (Lipinski definition) is 2. The highest BCUT2D eigenvalue weighted by Crippen LogP contribution is 2.28. The Kier molecular flexibility index (Phi) is 6.29. The molecular weight excluding hydrogens is 362 g/mol. The number of nitrogens with one attached hydrogen (secondary N) is 3. The molecule has 0 aliphatic rings. The molecule has 0 saturated heterocycles. The third kappa shape index (κ3) is 5.23. The Bertz CT molecular complexity index is 932. The van der Waals surface area contributed by atoms with E-state index in [0.29, 0.717) is 5.69 Å². The van der Waals surface area contributed by atoms with Crippen molar-refractivity contribution in [2.75, 3.05) is 11.9 Å². The zero-order chi connectivity index (χ0) is 20.7. The molecule has 0 heterocycles. The zero-order valence-corrected chi connectivity index (χ0v) is 16.6. The van der Waals surface area contributed by atoms with Crippen molar-refractivity contribution in [2.45, 2.75) is 19.4 Å². The second-order valence-corrected chi connectivity index (χ2v) is 7.08. The second-order valence-electron chi connectivity index (χ2n) is 7.08. The van der Waals surface area contributed by atoms with E-state index in [0.717, 1.165) is 16.7 Å². The normalized spacial score (nSPS) is 10.8. The van der Waals surface area contributed by atoms with E-state index in [2.05, 4.69) is 16.0 Å². The van der Waals surface area contributed by atoms with Gasteiger partial charge in [0, 0.05) is 5.69 Å². The van der Waals surface area contributed by atoms with Crippen LogP contribution in [0, 0.1) is 6.92 Å². The van der Waals surface area contributed by atoms with Crippen molar-refractivity contribution >= 4 is 17.6 Å². The maximum Gasteiger partial charge on any atom is 0.319 e. The van der Waals surface area contributed by atoms with Crippen LogP contribution in [0.25, 0.3) is 0 Å². The number of anilines is 1. The van der Waals surface area contributed by atoms with E-state index in [4.69, 9.17) is 0 Å². The van der Waals surface area contributed by atoms with Gasteiger partial charge in [0.1, 0.15) is 0 Å². The summed E-state index contributed by atoms with van der Waals surface area (Å²) in [4.78, 5) is 24.8. The summed E-state index contributed by atoms with van der Waals surface area (Å²) in [6.45, 7) is 3.78. The largest absolute Gasteiger partial charge is 0.341 e. The van der Waals surface area contributed by atoms with Gasteiger partial charge in [-0.2, -0.15) is 0 Å². The lowest BCUT2D eigenvalue weighted by Crippen LogP contribution is -2.48. The highest BCUT2D eigenvalue weighted by molar-refractivity contribution is 5.92. The van der Waals surface area contributed by atoms with Crippen molar-refractivity contribution in [1.82, 2.24) is 10.6 Å². The summed E-state index contributed by atoms with van der Waals surface area (Å²) in [6, 6.07) is 26.6. The first-order valence-electron chi connectivity index (χ1n) is 9.51. The highest BCUT2D eigenvalue weighted by Gasteiger charge is 2.30. The van der Waals surface area contributed by atoms with E-state index < -0.39 is 11.6 Å². The SMILES string of the molecule is Cc1cccc(NC(=O)NCC(=O)NC(C)(c2ccccc2)c2ccccc2)c1. The molecule has 0 atom stereocenters. The number of rotatable bonds is 6. The first-order valence-corrected chi connectivity index (χ1v) is 9.51. The zero-order valence-electron chi connectivity index (χ0n) is 16.6. The molecule has 0 unspecified atom stereocenters. The van der Waals surface area contributed by atoms with Crippen molar-refractivity contribution < 1.29 is 9.59 Å². The molecule has 3 aromatic rings. The molecule has 5 heteroatoms. The van der Waals surface area contributed by atoms with Crippen molar-refractivity contribution in [3.8, 4) is 0 Å². The summed E-state index contributed by atoms with van der Waals surface area (Å²) < 4.78 is 0. The molecular formula is C24H25N3O2. The number of carbonyl (C=O) groups excluding carboxylic acids is 2. The standard InChI is InChI=1S/C24H25N3O2/c1-18-10-9-15-21(16-18)26-23(29)25-17-22(28)27-24(2,19-11-5-3-6-12-19)20-13-7-4-8-14-20/h3-16H,17H2,1-2H3,(H,27,28)(H2,25,26,29). The molecule has 148 valence electrons. The Morgan fingerprint density at radius 1 is 0.828 bits per heavy atom. The van der Waals surface area contributed by atoms with Gasteiger partial charge in [-0.1, -0.05) is 72.8 Å². The van der Waals surface area contributed by atoms with Crippen LogP contribution in [0.4, 0.5) is 10.5 Å². The molecule has 0 radical (unpaired) electrons. The number of carbonyl (C=O) groups is 2. The molecule has 0 spiro atoms. The van der Waals surface area contributed by atoms with E-state index in [1.54, 1.807) is 6.07 Å². The van der Waals surface area contributed by atoms with Gasteiger partial charge in [-0.3, -0.25) is 4.79 Å². The topological polar surface area (TPSA) is 70.2 Å². The Balaban J connectivity index is 1.67. The minimum atomic E-state index is -0.714. The molecule has 3 rings (SSSR count). The van der Waals surface area contributed by atoms with Gasteiger partial charge in [0.2, 0.25) is 5.91 Å². The number of amides is 3. The van der Waals surface area contributed by atoms with Gasteiger partial charge in [-0.25, -0.2) is 4.79 Å². The van der Waals surface area contributed by atoms with E-state index in [1.807, 2.05) is 92.7 Å². The van der Waals surface area contributed by atoms with Gasteiger partial charge in [0.05, 0.1) is 12.1 Å². The van der Waals surface area contributed by atoms with Gasteiger partial charge in [-0.15, -0.1) is 0 Å². The van der Waals surface area contributed by atoms with Crippen LogP contribution in [0.3, 0.4) is 0 Å². The van der Waals surface area contributed by atoms with E-state index in [1.165, 1.54) is 0 Å². The molecule has 0 aromatic heterocycles. The number of hydrogen-bond donors (Lipinski definition) is 3. The average Bonchev–Trinajstić information content (AvgIpc) is 2.73. The number of urea groups is 1. The van der Waals surface area contributed by atoms with Crippen molar-refractivity contribution in [3.63, 3.8) is 0 Å². The van der Waals surface area contributed by atoms with Gasteiger partial charge >= 0.3 is 6.03 Å². The minimum absolute atomic E-state index is 0.132. The van der Waals surface area contributed by atoms with Crippen LogP contribution in [0.1, 0.15) is 23.6 Å². The predicted octanol–water partition coefficient (Wildman–Crippen LogP) is 4.20. The van der Waals surface area contributed by atoms with Gasteiger partial charge in [0.15, 0.2) is 0 Å². The Hall–Kier alpha value is -3.60. The van der Waals surface area contributed by atoms with Crippen LogP contribution < -0.4 is 16.0 Å². The van der Waals surface area contributed by atoms with E-state index in [9.17, 15) is 9.59 Å². The summed E-state index contributed by atoms with van der Waals surface area (Å²) >= 11 is 0. The molecule has 3 N–H and O–H groups in total. The maximum absolute atomic E-state index is 12.7. The van der Waals surface area contributed by atoms with E-state index >= 15 is 0 Å². The van der Waals surface area contributed by atoms with Crippen LogP contribution >= 0.6 is 0 Å². The summed E-state index contributed by atoms with van der Waals surface area (Å²) in [5, 5.41) is 8.42. The maximum atomic E-state index is 12.7. The van der Waals surface area contributed by atoms with Crippen molar-refractivity contribution in [3.05, 3.63) is 102 Å². The Morgan fingerprint density at radius 2 is 1.41 bits per heavy atom. The first kappa shape index (κ1) is 20.1. The molecule has 3 aromatic carbocycles. The van der Waals surface area contributed by atoms with Gasteiger partial charge in [0.25, 0.3) is 0 Å². The molecule has 29 heavy (non-hydrogen) atoms. The van der Waals surface area contributed by atoms with Crippen molar-refractivity contribution in [2.24, 2.45) is 0 Å². The summed E-state index contributed by atoms with van der Waals surface area (Å²) in [6.07, 6.45) is 0. The lowest BCUT2D eigenvalue weighted by molar-refractivity contribution is -0.121. The van der Waals surface area contributed by atoms with Crippen molar-refractivity contribution in [1.29, 1.82) is 0 Å². The lowest BCUT2D eigenvalue weighted by Gasteiger charge is -2.32. The molecule has 0 aliphatic heterocycles. The highest BCUT2D eigenvalue weighted by atomic mass is 16.2. The fourth-order valence-corrected chi connectivity index (χ4v) is 3.24. The smallest absolute Gasteiger partial charge is 0.319 e. The molecule has 0 aliphatic carbocycles. The average molecular weight is 387 g/mol. The van der Waals surface area contributed by atoms with Crippen LogP contribution in [0.15, 0.2) is 84.9 Å². The van der Waals surface area contributed by atoms with Gasteiger partial charge < -0.3 is 16.0 Å². The van der Waals surface area contributed by atoms with Crippen LogP contribution in [0.5, 0.6) is 0 Å². The predicted molar refractivity (Wildman–Crippen MR) is 116 cm³/mol. The fourth-order valence-electron chi connectivity index (χ4n) is 3.24. The number of benzene rings is 3. The van der Waals surface area contributed by atoms with Crippen LogP contribution in [0.2, 0.25) is 0 Å². The molecule has 0 bridgehead atoms. The lowest BCUT2D eigenvalue weighted by atomic mass is 9.84. The third-order valence-corrected chi connectivity index (χ3v) is 4.78. The monoisotopic (exact) mass is 387 g/mol. The summed E-state index contributed by atoms with van der Waals surface area (Å²) in [5.41, 5.74) is 2.93. The second kappa shape index (κ2) is 9.06. The van der Waals surface area contributed by atoms with Gasteiger partial charge in [-0.05, 0) is 42.7 Å². The Morgan fingerprint density at radius 3 is 1.97 bits per heavy atom. The Labute approximate surface area is 171 Å². The molecule has 0 fully saturated rings. The minimum Gasteiger partial charge on any atom is -0.341 e. The quantitative estimate of drug-likeness (QED) is 0.593. The molecule has 5 nitrogen and oxygen atoms in total. The van der Waals surface area contributed by atoms with E-state index in [-0.39, 0.29) is 12.5 Å². The third-order valence-electron chi connectivity index (χ3n) is 4.78. The first-order chi connectivity index (χ1) is 14.0. The van der Waals surface area contributed by atoms with Crippen LogP contribution in [-0.4, -0.2) is 18.5 Å². The molecule has 0 saturated carbocycles. The number of aryl methyl sites for hydroxylation is 1. The summed E-state index contributed by atoms with van der Waals surface area (Å²) in [5.74, 6) is -0.278. The fraction of sp³-hybridized carbons (Fsp3) is 0.167. The summed E-state index contributed by atoms with van der Waals surface area (Å²) in [7, 11) is 0. The van der Waals surface area contributed by atoms with Crippen LogP contribution in [-0.2, 0) is 10.3 Å².